The van der Waals surface area contributed by atoms with Crippen LogP contribution in [-0.4, -0.2) is 57.4 Å². The second kappa shape index (κ2) is 10.1. The van der Waals surface area contributed by atoms with Gasteiger partial charge < -0.3 is 14.2 Å². The molecule has 0 spiro atoms. The van der Waals surface area contributed by atoms with Crippen LogP contribution >= 0.6 is 11.6 Å². The number of hydrogen-bond acceptors (Lipinski definition) is 7. The first-order valence-corrected chi connectivity index (χ1v) is 12.5. The van der Waals surface area contributed by atoms with E-state index in [2.05, 4.69) is 0 Å². The second-order valence-electron chi connectivity index (χ2n) is 7.88. The minimum Gasteiger partial charge on any atom is -0.490 e. The zero-order chi connectivity index (χ0) is 23.4. The number of esters is 1. The Labute approximate surface area is 197 Å². The monoisotopic (exact) mass is 493 g/mol. The third kappa shape index (κ3) is 5.48. The van der Waals surface area contributed by atoms with E-state index in [1.807, 2.05) is 0 Å². The Morgan fingerprint density at radius 1 is 1.00 bits per heavy atom. The summed E-state index contributed by atoms with van der Waals surface area (Å²) in [6.45, 7) is 0.984. The van der Waals surface area contributed by atoms with Crippen LogP contribution in [0.15, 0.2) is 47.4 Å². The molecule has 176 valence electrons. The SMILES string of the molecule is O=C(COC(=O)C1CCN(S(=O)(=O)c2ccc3c(c2)OCCCO3)CC1)c1ccc(Cl)cc1. The van der Waals surface area contributed by atoms with Crippen molar-refractivity contribution in [3.05, 3.63) is 53.1 Å². The summed E-state index contributed by atoms with van der Waals surface area (Å²) in [5, 5.41) is 0.511. The predicted molar refractivity (Wildman–Crippen MR) is 120 cm³/mol. The predicted octanol–water partition coefficient (Wildman–Crippen LogP) is 3.33. The Morgan fingerprint density at radius 2 is 1.67 bits per heavy atom. The van der Waals surface area contributed by atoms with Gasteiger partial charge in [-0.25, -0.2) is 8.42 Å². The van der Waals surface area contributed by atoms with Gasteiger partial charge in [0.25, 0.3) is 0 Å². The summed E-state index contributed by atoms with van der Waals surface area (Å²) >= 11 is 5.81. The minimum absolute atomic E-state index is 0.126. The van der Waals surface area contributed by atoms with Crippen molar-refractivity contribution in [2.45, 2.75) is 24.2 Å². The highest BCUT2D eigenvalue weighted by Crippen LogP contribution is 2.34. The first-order valence-electron chi connectivity index (χ1n) is 10.7. The van der Waals surface area contributed by atoms with Crippen molar-refractivity contribution in [1.29, 1.82) is 0 Å². The molecule has 2 aromatic carbocycles. The number of halogens is 1. The lowest BCUT2D eigenvalue weighted by Crippen LogP contribution is -2.40. The molecule has 0 aromatic heterocycles. The molecule has 2 aliphatic rings. The Kier molecular flexibility index (Phi) is 7.21. The number of piperidine rings is 1. The molecule has 0 bridgehead atoms. The van der Waals surface area contributed by atoms with Crippen LogP contribution in [0.2, 0.25) is 5.02 Å². The number of sulfonamides is 1. The summed E-state index contributed by atoms with van der Waals surface area (Å²) in [5.74, 6) is -0.337. The van der Waals surface area contributed by atoms with E-state index in [1.54, 1.807) is 30.3 Å². The highest BCUT2D eigenvalue weighted by atomic mass is 35.5. The fourth-order valence-electron chi connectivity index (χ4n) is 3.76. The van der Waals surface area contributed by atoms with Gasteiger partial charge in [-0.2, -0.15) is 4.31 Å². The number of carbonyl (C=O) groups is 2. The van der Waals surface area contributed by atoms with Crippen molar-refractivity contribution >= 4 is 33.4 Å². The van der Waals surface area contributed by atoms with Gasteiger partial charge in [-0.05, 0) is 49.2 Å². The third-order valence-corrected chi connectivity index (χ3v) is 7.80. The number of ether oxygens (including phenoxy) is 3. The van der Waals surface area contributed by atoms with Crippen LogP contribution in [0.3, 0.4) is 0 Å². The number of benzene rings is 2. The van der Waals surface area contributed by atoms with Crippen LogP contribution in [0, 0.1) is 5.92 Å². The van der Waals surface area contributed by atoms with Crippen molar-refractivity contribution in [1.82, 2.24) is 4.31 Å². The van der Waals surface area contributed by atoms with Crippen molar-refractivity contribution < 1.29 is 32.2 Å². The van der Waals surface area contributed by atoms with E-state index < -0.39 is 21.9 Å². The molecule has 0 amide bonds. The largest absolute Gasteiger partial charge is 0.490 e. The quantitative estimate of drug-likeness (QED) is 0.449. The summed E-state index contributed by atoms with van der Waals surface area (Å²) in [6.07, 6.45) is 1.36. The van der Waals surface area contributed by atoms with Gasteiger partial charge in [-0.15, -0.1) is 0 Å². The lowest BCUT2D eigenvalue weighted by molar-refractivity contribution is -0.148. The first kappa shape index (κ1) is 23.5. The maximum Gasteiger partial charge on any atom is 0.309 e. The zero-order valence-corrected chi connectivity index (χ0v) is 19.4. The summed E-state index contributed by atoms with van der Waals surface area (Å²) in [4.78, 5) is 24.7. The van der Waals surface area contributed by atoms with Crippen molar-refractivity contribution in [2.24, 2.45) is 5.92 Å². The molecule has 10 heteroatoms. The smallest absolute Gasteiger partial charge is 0.309 e. The first-order chi connectivity index (χ1) is 15.8. The number of Topliss-reactive ketones (excluding diaryl/α,β-unsaturated/α-hetero) is 1. The lowest BCUT2D eigenvalue weighted by Gasteiger charge is -2.30. The molecule has 0 unspecified atom stereocenters. The molecule has 2 heterocycles. The molecule has 1 fully saturated rings. The molecule has 2 aromatic rings. The Hall–Kier alpha value is -2.62. The molecule has 2 aliphatic heterocycles. The number of nitrogens with zero attached hydrogens (tertiary/aromatic N) is 1. The van der Waals surface area contributed by atoms with E-state index in [4.69, 9.17) is 25.8 Å². The topological polar surface area (TPSA) is 99.2 Å². The maximum atomic E-state index is 13.1. The Morgan fingerprint density at radius 3 is 2.36 bits per heavy atom. The number of carbonyl (C=O) groups excluding carboxylic acids is 2. The van der Waals surface area contributed by atoms with Crippen LogP contribution < -0.4 is 9.47 Å². The molecule has 0 saturated carbocycles. The molecule has 33 heavy (non-hydrogen) atoms. The summed E-state index contributed by atoms with van der Waals surface area (Å²) in [6, 6.07) is 10.9. The minimum atomic E-state index is -3.74. The van der Waals surface area contributed by atoms with Crippen molar-refractivity contribution in [2.75, 3.05) is 32.9 Å². The standard InChI is InChI=1S/C23H24ClNO7S/c24-18-4-2-16(3-5-18)20(26)15-32-23(27)17-8-10-25(11-9-17)33(28,29)19-6-7-21-22(14-19)31-13-1-12-30-21/h2-7,14,17H,1,8-13,15H2. The highest BCUT2D eigenvalue weighted by Gasteiger charge is 2.33. The number of hydrogen-bond donors (Lipinski definition) is 0. The van der Waals surface area contributed by atoms with E-state index in [-0.39, 0.29) is 30.4 Å². The molecule has 0 aliphatic carbocycles. The molecule has 0 N–H and O–H groups in total. The van der Waals surface area contributed by atoms with E-state index in [9.17, 15) is 18.0 Å². The van der Waals surface area contributed by atoms with Crippen LogP contribution in [0.25, 0.3) is 0 Å². The van der Waals surface area contributed by atoms with E-state index in [0.717, 1.165) is 6.42 Å². The number of rotatable bonds is 6. The summed E-state index contributed by atoms with van der Waals surface area (Å²) in [5.41, 5.74) is 0.406. The number of ketones is 1. The molecular formula is C23H24ClNO7S. The molecule has 8 nitrogen and oxygen atoms in total. The average Bonchev–Trinajstić information content (AvgIpc) is 3.08. The van der Waals surface area contributed by atoms with Crippen molar-refractivity contribution in [3.8, 4) is 11.5 Å². The van der Waals surface area contributed by atoms with Crippen LogP contribution in [-0.2, 0) is 19.6 Å². The van der Waals surface area contributed by atoms with Gasteiger partial charge in [0.1, 0.15) is 0 Å². The van der Waals surface area contributed by atoms with Crippen LogP contribution in [0.5, 0.6) is 11.5 Å². The molecule has 0 radical (unpaired) electrons. The highest BCUT2D eigenvalue weighted by molar-refractivity contribution is 7.89. The maximum absolute atomic E-state index is 13.1. The number of fused-ring (bicyclic) bond motifs is 1. The van der Waals surface area contributed by atoms with Crippen molar-refractivity contribution in [3.63, 3.8) is 0 Å². The van der Waals surface area contributed by atoms with Gasteiger partial charge >= 0.3 is 5.97 Å². The lowest BCUT2D eigenvalue weighted by atomic mass is 9.98. The van der Waals surface area contributed by atoms with Crippen LogP contribution in [0.1, 0.15) is 29.6 Å². The van der Waals surface area contributed by atoms with Gasteiger partial charge in [0.2, 0.25) is 10.0 Å². The third-order valence-electron chi connectivity index (χ3n) is 5.66. The Bertz CT molecular complexity index is 1130. The van der Waals surface area contributed by atoms with Gasteiger partial charge in [-0.3, -0.25) is 9.59 Å². The van der Waals surface area contributed by atoms with Gasteiger partial charge in [0, 0.05) is 36.2 Å². The summed E-state index contributed by atoms with van der Waals surface area (Å²) < 4.78 is 43.9. The summed E-state index contributed by atoms with van der Waals surface area (Å²) in [7, 11) is -3.74. The molecule has 1 saturated heterocycles. The normalized spacial score (nSPS) is 17.2. The zero-order valence-electron chi connectivity index (χ0n) is 17.9. The van der Waals surface area contributed by atoms with E-state index in [0.29, 0.717) is 48.1 Å². The van der Waals surface area contributed by atoms with Gasteiger partial charge in [-0.1, -0.05) is 11.6 Å². The molecule has 4 rings (SSSR count). The Balaban J connectivity index is 1.32. The fourth-order valence-corrected chi connectivity index (χ4v) is 5.37. The van der Waals surface area contributed by atoms with Gasteiger partial charge in [0.15, 0.2) is 23.9 Å². The second-order valence-corrected chi connectivity index (χ2v) is 10.2. The van der Waals surface area contributed by atoms with E-state index >= 15 is 0 Å². The van der Waals surface area contributed by atoms with E-state index in [1.165, 1.54) is 16.4 Å². The molecule has 0 atom stereocenters. The fraction of sp³-hybridized carbons (Fsp3) is 0.391. The van der Waals surface area contributed by atoms with Crippen LogP contribution in [0.4, 0.5) is 0 Å². The van der Waals surface area contributed by atoms with Gasteiger partial charge in [0.05, 0.1) is 24.0 Å². The molecular weight excluding hydrogens is 470 g/mol. The average molecular weight is 494 g/mol.